The molecule has 1 aliphatic rings. The molecule has 0 saturated heterocycles. The van der Waals surface area contributed by atoms with Crippen molar-refractivity contribution in [2.45, 2.75) is 35.2 Å². The van der Waals surface area contributed by atoms with E-state index in [0.29, 0.717) is 11.1 Å². The van der Waals surface area contributed by atoms with E-state index >= 15 is 0 Å². The topological polar surface area (TPSA) is 72.2 Å². The van der Waals surface area contributed by atoms with Gasteiger partial charge in [0.2, 0.25) is 0 Å². The number of carbonyl (C=O) groups is 1. The van der Waals surface area contributed by atoms with Crippen molar-refractivity contribution in [3.05, 3.63) is 52.6 Å². The third-order valence-electron chi connectivity index (χ3n) is 3.27. The number of hydrogen-bond donors (Lipinski definition) is 1. The molecule has 108 valence electrons. The summed E-state index contributed by atoms with van der Waals surface area (Å²) in [6.45, 7) is 0. The molecule has 0 amide bonds. The molecule has 2 aromatic rings. The van der Waals surface area contributed by atoms with Gasteiger partial charge in [0.25, 0.3) is 5.56 Å². The maximum Gasteiger partial charge on any atom is 0.307 e. The summed E-state index contributed by atoms with van der Waals surface area (Å²) >= 11 is 1.31. The van der Waals surface area contributed by atoms with Crippen LogP contribution in [0.4, 0.5) is 0 Å². The summed E-state index contributed by atoms with van der Waals surface area (Å²) in [5.74, 6) is -0.854. The number of carboxylic acid groups (broad SMARTS) is 1. The average molecular weight is 302 g/mol. The molecule has 0 atom stereocenters. The van der Waals surface area contributed by atoms with Crippen LogP contribution in [0, 0.1) is 0 Å². The first kappa shape index (κ1) is 13.9. The highest BCUT2D eigenvalue weighted by molar-refractivity contribution is 7.99. The third-order valence-corrected chi connectivity index (χ3v) is 4.25. The number of rotatable bonds is 5. The highest BCUT2D eigenvalue weighted by Gasteiger charge is 2.25. The van der Waals surface area contributed by atoms with E-state index in [-0.39, 0.29) is 12.0 Å². The molecule has 1 aromatic heterocycles. The van der Waals surface area contributed by atoms with Gasteiger partial charge in [0.1, 0.15) is 0 Å². The molecule has 3 rings (SSSR count). The van der Waals surface area contributed by atoms with E-state index in [0.717, 1.165) is 23.3 Å². The Morgan fingerprint density at radius 3 is 2.67 bits per heavy atom. The molecule has 6 heteroatoms. The summed E-state index contributed by atoms with van der Waals surface area (Å²) in [4.78, 5) is 27.9. The number of benzene rings is 1. The molecule has 1 saturated carbocycles. The molecule has 0 aliphatic heterocycles. The first-order valence-electron chi connectivity index (χ1n) is 6.69. The van der Waals surface area contributed by atoms with Crippen molar-refractivity contribution < 1.29 is 9.90 Å². The molecular weight excluding hydrogens is 288 g/mol. The van der Waals surface area contributed by atoms with Gasteiger partial charge in [-0.1, -0.05) is 23.9 Å². The van der Waals surface area contributed by atoms with Gasteiger partial charge in [-0.25, -0.2) is 4.98 Å². The number of hydrogen-bond acceptors (Lipinski definition) is 4. The lowest BCUT2D eigenvalue weighted by Gasteiger charge is -2.06. The predicted octanol–water partition coefficient (Wildman–Crippen LogP) is 2.36. The van der Waals surface area contributed by atoms with Crippen molar-refractivity contribution in [2.24, 2.45) is 0 Å². The van der Waals surface area contributed by atoms with E-state index in [1.807, 2.05) is 12.1 Å². The van der Waals surface area contributed by atoms with Crippen LogP contribution in [0.15, 0.2) is 51.4 Å². The molecule has 0 unspecified atom stereocenters. The van der Waals surface area contributed by atoms with Crippen molar-refractivity contribution >= 4 is 17.7 Å². The Morgan fingerprint density at radius 2 is 2.05 bits per heavy atom. The second kappa shape index (κ2) is 5.73. The lowest BCUT2D eigenvalue weighted by Crippen LogP contribution is -2.20. The van der Waals surface area contributed by atoms with Crippen LogP contribution < -0.4 is 5.56 Å². The van der Waals surface area contributed by atoms with Crippen LogP contribution in [0.25, 0.3) is 0 Å². The lowest BCUT2D eigenvalue weighted by molar-refractivity contribution is -0.136. The molecule has 1 N–H and O–H groups in total. The van der Waals surface area contributed by atoms with Gasteiger partial charge in [-0.2, -0.15) is 0 Å². The van der Waals surface area contributed by atoms with Crippen LogP contribution in [0.1, 0.15) is 24.4 Å². The van der Waals surface area contributed by atoms with E-state index in [1.165, 1.54) is 11.8 Å². The number of carboxylic acids is 1. The quantitative estimate of drug-likeness (QED) is 0.918. The zero-order valence-electron chi connectivity index (χ0n) is 11.2. The fourth-order valence-corrected chi connectivity index (χ4v) is 2.88. The van der Waals surface area contributed by atoms with Crippen molar-refractivity contribution in [1.82, 2.24) is 9.55 Å². The lowest BCUT2D eigenvalue weighted by atomic mass is 10.2. The van der Waals surface area contributed by atoms with E-state index in [9.17, 15) is 9.59 Å². The fourth-order valence-electron chi connectivity index (χ4n) is 2.08. The molecule has 1 aliphatic carbocycles. The predicted molar refractivity (Wildman–Crippen MR) is 78.7 cm³/mol. The molecule has 0 spiro atoms. The van der Waals surface area contributed by atoms with E-state index < -0.39 is 5.97 Å². The van der Waals surface area contributed by atoms with Gasteiger partial charge in [0.15, 0.2) is 5.03 Å². The Kier molecular flexibility index (Phi) is 3.79. The maximum atomic E-state index is 12.3. The summed E-state index contributed by atoms with van der Waals surface area (Å²) < 4.78 is 1.74. The van der Waals surface area contributed by atoms with Gasteiger partial charge in [0.05, 0.1) is 6.42 Å². The SMILES string of the molecule is O=C(O)Cc1ccc(Sc2nccn(C3CC3)c2=O)cc1. The first-order valence-corrected chi connectivity index (χ1v) is 7.51. The Bertz CT molecular complexity index is 720. The largest absolute Gasteiger partial charge is 0.481 e. The van der Waals surface area contributed by atoms with Crippen LogP contribution >= 0.6 is 11.8 Å². The van der Waals surface area contributed by atoms with Crippen LogP contribution in [-0.4, -0.2) is 20.6 Å². The molecule has 1 aromatic carbocycles. The molecule has 1 heterocycles. The van der Waals surface area contributed by atoms with Crippen molar-refractivity contribution in [1.29, 1.82) is 0 Å². The first-order chi connectivity index (χ1) is 10.1. The summed E-state index contributed by atoms with van der Waals surface area (Å²) in [5, 5.41) is 9.19. The van der Waals surface area contributed by atoms with Crippen LogP contribution in [-0.2, 0) is 11.2 Å². The Hall–Kier alpha value is -2.08. The molecule has 1 fully saturated rings. The van der Waals surface area contributed by atoms with Gasteiger partial charge in [0, 0.05) is 23.3 Å². The van der Waals surface area contributed by atoms with Gasteiger partial charge < -0.3 is 9.67 Å². The Balaban J connectivity index is 1.79. The second-order valence-corrected chi connectivity index (χ2v) is 6.05. The Labute approximate surface area is 125 Å². The smallest absolute Gasteiger partial charge is 0.307 e. The minimum atomic E-state index is -0.854. The van der Waals surface area contributed by atoms with Crippen LogP contribution in [0.2, 0.25) is 0 Å². The minimum Gasteiger partial charge on any atom is -0.481 e. The van der Waals surface area contributed by atoms with E-state index in [4.69, 9.17) is 5.11 Å². The minimum absolute atomic E-state index is 0.00300. The molecule has 0 radical (unpaired) electrons. The van der Waals surface area contributed by atoms with Gasteiger partial charge in [-0.3, -0.25) is 9.59 Å². The average Bonchev–Trinajstić information content (AvgIpc) is 3.27. The summed E-state index contributed by atoms with van der Waals surface area (Å²) in [7, 11) is 0. The molecular formula is C15H14N2O3S. The van der Waals surface area contributed by atoms with Crippen LogP contribution in [0.5, 0.6) is 0 Å². The molecule has 5 nitrogen and oxygen atoms in total. The highest BCUT2D eigenvalue weighted by Crippen LogP contribution is 2.33. The van der Waals surface area contributed by atoms with Gasteiger partial charge >= 0.3 is 5.97 Å². The summed E-state index contributed by atoms with van der Waals surface area (Å²) in [6, 6.07) is 7.49. The van der Waals surface area contributed by atoms with E-state index in [2.05, 4.69) is 4.98 Å². The second-order valence-electron chi connectivity index (χ2n) is 4.99. The van der Waals surface area contributed by atoms with Gasteiger partial charge in [-0.15, -0.1) is 0 Å². The summed E-state index contributed by atoms with van der Waals surface area (Å²) in [6.07, 6.45) is 5.50. The van der Waals surface area contributed by atoms with Crippen LogP contribution in [0.3, 0.4) is 0 Å². The zero-order valence-corrected chi connectivity index (χ0v) is 12.0. The van der Waals surface area contributed by atoms with Crippen molar-refractivity contribution in [3.8, 4) is 0 Å². The normalized spacial score (nSPS) is 14.1. The molecule has 0 bridgehead atoms. The monoisotopic (exact) mass is 302 g/mol. The van der Waals surface area contributed by atoms with E-state index in [1.54, 1.807) is 29.1 Å². The number of aliphatic carboxylic acids is 1. The Morgan fingerprint density at radius 1 is 1.33 bits per heavy atom. The highest BCUT2D eigenvalue weighted by atomic mass is 32.2. The van der Waals surface area contributed by atoms with Crippen molar-refractivity contribution in [3.63, 3.8) is 0 Å². The number of nitrogens with zero attached hydrogens (tertiary/aromatic N) is 2. The third kappa shape index (κ3) is 3.33. The van der Waals surface area contributed by atoms with Gasteiger partial charge in [-0.05, 0) is 30.5 Å². The standard InChI is InChI=1S/C15H14N2O3S/c18-13(19)9-10-1-5-12(6-2-10)21-14-15(20)17(8-7-16-14)11-3-4-11/h1-2,5-8,11H,3-4,9H2,(H,18,19). The number of aromatic nitrogens is 2. The maximum absolute atomic E-state index is 12.3. The zero-order chi connectivity index (χ0) is 14.8. The summed E-state index contributed by atoms with van der Waals surface area (Å²) in [5.41, 5.74) is 0.683. The molecule has 21 heavy (non-hydrogen) atoms. The fraction of sp³-hybridized carbons (Fsp3) is 0.267. The van der Waals surface area contributed by atoms with Crippen molar-refractivity contribution in [2.75, 3.05) is 0 Å².